The predicted molar refractivity (Wildman–Crippen MR) is 75.3 cm³/mol. The Labute approximate surface area is 120 Å². The van der Waals surface area contributed by atoms with Crippen LogP contribution in [0.1, 0.15) is 5.89 Å². The van der Waals surface area contributed by atoms with Gasteiger partial charge in [0.15, 0.2) is 0 Å². The minimum Gasteiger partial charge on any atom is -0.376 e. The third-order valence-electron chi connectivity index (χ3n) is 2.70. The molecule has 0 atom stereocenters. The van der Waals surface area contributed by atoms with Crippen molar-refractivity contribution in [1.82, 2.24) is 19.9 Å². The quantitative estimate of drug-likeness (QED) is 0.800. The lowest BCUT2D eigenvalue weighted by Gasteiger charge is -2.02. The highest BCUT2D eigenvalue weighted by Crippen LogP contribution is 2.17. The summed E-state index contributed by atoms with van der Waals surface area (Å²) in [5.41, 5.74) is 1.73. The molecule has 20 heavy (non-hydrogen) atoms. The molecule has 0 bridgehead atoms. The summed E-state index contributed by atoms with van der Waals surface area (Å²) >= 11 is 5.91. The molecule has 1 aromatic carbocycles. The second-order valence-electron chi connectivity index (χ2n) is 4.28. The maximum absolute atomic E-state index is 5.91. The van der Waals surface area contributed by atoms with Gasteiger partial charge in [-0.3, -0.25) is 4.68 Å². The summed E-state index contributed by atoms with van der Waals surface area (Å²) in [6, 6.07) is 7.45. The van der Waals surface area contributed by atoms with Gasteiger partial charge < -0.3 is 9.84 Å². The van der Waals surface area contributed by atoms with Crippen LogP contribution >= 0.6 is 11.6 Å². The number of anilines is 1. The number of halogens is 1. The lowest BCUT2D eigenvalue weighted by Crippen LogP contribution is -1.99. The van der Waals surface area contributed by atoms with E-state index in [1.165, 1.54) is 0 Å². The molecule has 7 heteroatoms. The average molecular weight is 290 g/mol. The number of nitrogens with zero attached hydrogens (tertiary/aromatic N) is 4. The van der Waals surface area contributed by atoms with Crippen molar-refractivity contribution < 1.29 is 4.52 Å². The largest absolute Gasteiger partial charge is 0.376 e. The van der Waals surface area contributed by atoms with Crippen molar-refractivity contribution in [3.63, 3.8) is 0 Å². The Balaban J connectivity index is 1.68. The Hall–Kier alpha value is -2.34. The van der Waals surface area contributed by atoms with Gasteiger partial charge in [0.1, 0.15) is 0 Å². The molecule has 0 radical (unpaired) electrons. The van der Waals surface area contributed by atoms with Gasteiger partial charge in [0.05, 0.1) is 18.3 Å². The van der Waals surface area contributed by atoms with Gasteiger partial charge in [-0.1, -0.05) is 22.8 Å². The summed E-state index contributed by atoms with van der Waals surface area (Å²) in [5, 5.41) is 11.8. The first-order chi connectivity index (χ1) is 9.70. The molecule has 0 unspecified atom stereocenters. The van der Waals surface area contributed by atoms with Crippen molar-refractivity contribution in [2.45, 2.75) is 6.54 Å². The molecule has 3 aromatic rings. The summed E-state index contributed by atoms with van der Waals surface area (Å²) in [6.07, 6.45) is 3.53. The van der Waals surface area contributed by atoms with E-state index in [-0.39, 0.29) is 0 Å². The number of aromatic nitrogens is 4. The highest BCUT2D eigenvalue weighted by atomic mass is 35.5. The molecule has 0 fully saturated rings. The summed E-state index contributed by atoms with van der Waals surface area (Å²) in [6.45, 7) is 0.438. The Morgan fingerprint density at radius 2 is 2.30 bits per heavy atom. The van der Waals surface area contributed by atoms with Gasteiger partial charge >= 0.3 is 0 Å². The molecule has 2 heterocycles. The molecule has 1 N–H and O–H groups in total. The molecule has 0 amide bonds. The van der Waals surface area contributed by atoms with E-state index in [9.17, 15) is 0 Å². The van der Waals surface area contributed by atoms with Crippen LogP contribution in [0.3, 0.4) is 0 Å². The van der Waals surface area contributed by atoms with E-state index in [0.29, 0.717) is 23.3 Å². The van der Waals surface area contributed by atoms with E-state index in [0.717, 1.165) is 11.3 Å². The maximum atomic E-state index is 5.91. The highest BCUT2D eigenvalue weighted by molar-refractivity contribution is 6.30. The number of hydrogen-bond donors (Lipinski definition) is 1. The van der Waals surface area contributed by atoms with Crippen LogP contribution < -0.4 is 5.32 Å². The SMILES string of the molecule is Cn1cc(-c2noc(CNc3cccc(Cl)c3)n2)cn1. The van der Waals surface area contributed by atoms with Crippen molar-refractivity contribution in [3.8, 4) is 11.4 Å². The van der Waals surface area contributed by atoms with E-state index in [2.05, 4.69) is 20.6 Å². The summed E-state index contributed by atoms with van der Waals surface area (Å²) < 4.78 is 6.88. The molecular weight excluding hydrogens is 278 g/mol. The first-order valence-corrected chi connectivity index (χ1v) is 6.39. The van der Waals surface area contributed by atoms with Crippen LogP contribution in [-0.4, -0.2) is 19.9 Å². The minimum absolute atomic E-state index is 0.438. The molecule has 0 aliphatic rings. The van der Waals surface area contributed by atoms with Crippen LogP contribution in [-0.2, 0) is 13.6 Å². The number of nitrogens with one attached hydrogen (secondary N) is 1. The van der Waals surface area contributed by atoms with Crippen molar-refractivity contribution in [2.24, 2.45) is 7.05 Å². The predicted octanol–water partition coefficient (Wildman–Crippen LogP) is 2.74. The third-order valence-corrected chi connectivity index (χ3v) is 2.93. The van der Waals surface area contributed by atoms with E-state index < -0.39 is 0 Å². The summed E-state index contributed by atoms with van der Waals surface area (Å²) in [5.74, 6) is 1.03. The van der Waals surface area contributed by atoms with E-state index in [1.54, 1.807) is 10.9 Å². The fourth-order valence-corrected chi connectivity index (χ4v) is 1.95. The number of rotatable bonds is 4. The molecule has 3 rings (SSSR count). The first kappa shape index (κ1) is 12.7. The zero-order valence-corrected chi connectivity index (χ0v) is 11.5. The van der Waals surface area contributed by atoms with Crippen molar-refractivity contribution in [2.75, 3.05) is 5.32 Å². The van der Waals surface area contributed by atoms with Gasteiger partial charge in [-0.15, -0.1) is 0 Å². The minimum atomic E-state index is 0.438. The second kappa shape index (κ2) is 5.34. The Morgan fingerprint density at radius 1 is 1.40 bits per heavy atom. The van der Waals surface area contributed by atoms with E-state index >= 15 is 0 Å². The highest BCUT2D eigenvalue weighted by Gasteiger charge is 2.09. The number of aryl methyl sites for hydroxylation is 1. The van der Waals surface area contributed by atoms with Crippen molar-refractivity contribution in [3.05, 3.63) is 47.6 Å². The van der Waals surface area contributed by atoms with E-state index in [4.69, 9.17) is 16.1 Å². The lowest BCUT2D eigenvalue weighted by atomic mass is 10.3. The molecule has 0 saturated carbocycles. The Bertz CT molecular complexity index is 721. The van der Waals surface area contributed by atoms with E-state index in [1.807, 2.05) is 37.5 Å². The molecular formula is C13H12ClN5O. The molecule has 2 aromatic heterocycles. The van der Waals surface area contributed by atoms with Gasteiger partial charge in [-0.2, -0.15) is 10.1 Å². The van der Waals surface area contributed by atoms with Crippen LogP contribution in [0.25, 0.3) is 11.4 Å². The van der Waals surface area contributed by atoms with Gasteiger partial charge in [-0.05, 0) is 18.2 Å². The zero-order valence-electron chi connectivity index (χ0n) is 10.7. The Morgan fingerprint density at radius 3 is 3.05 bits per heavy atom. The Kier molecular flexibility index (Phi) is 3.39. The zero-order chi connectivity index (χ0) is 13.9. The monoisotopic (exact) mass is 289 g/mol. The van der Waals surface area contributed by atoms with Gasteiger partial charge in [0.25, 0.3) is 0 Å². The van der Waals surface area contributed by atoms with Gasteiger partial charge in [0, 0.05) is 24.0 Å². The third kappa shape index (κ3) is 2.80. The fraction of sp³-hybridized carbons (Fsp3) is 0.154. The number of benzene rings is 1. The average Bonchev–Trinajstić information content (AvgIpc) is 3.05. The molecule has 0 aliphatic carbocycles. The molecule has 102 valence electrons. The molecule has 0 saturated heterocycles. The first-order valence-electron chi connectivity index (χ1n) is 6.02. The lowest BCUT2D eigenvalue weighted by molar-refractivity contribution is 0.384. The van der Waals surface area contributed by atoms with Crippen molar-refractivity contribution in [1.29, 1.82) is 0 Å². The van der Waals surface area contributed by atoms with Crippen LogP contribution in [0.15, 0.2) is 41.2 Å². The topological polar surface area (TPSA) is 68.8 Å². The smallest absolute Gasteiger partial charge is 0.246 e. The van der Waals surface area contributed by atoms with Crippen molar-refractivity contribution >= 4 is 17.3 Å². The van der Waals surface area contributed by atoms with Crippen LogP contribution in [0.5, 0.6) is 0 Å². The summed E-state index contributed by atoms with van der Waals surface area (Å²) in [7, 11) is 1.84. The second-order valence-corrected chi connectivity index (χ2v) is 4.71. The molecule has 6 nitrogen and oxygen atoms in total. The van der Waals surface area contributed by atoms with Crippen LogP contribution in [0.4, 0.5) is 5.69 Å². The van der Waals surface area contributed by atoms with Crippen LogP contribution in [0.2, 0.25) is 5.02 Å². The van der Waals surface area contributed by atoms with Gasteiger partial charge in [-0.25, -0.2) is 0 Å². The maximum Gasteiger partial charge on any atom is 0.246 e. The fourth-order valence-electron chi connectivity index (χ4n) is 1.76. The standard InChI is InChI=1S/C13H12ClN5O/c1-19-8-9(6-16-19)13-17-12(20-18-13)7-15-11-4-2-3-10(14)5-11/h2-6,8,15H,7H2,1H3. The normalized spacial score (nSPS) is 10.7. The molecule has 0 aliphatic heterocycles. The molecule has 0 spiro atoms. The van der Waals surface area contributed by atoms with Gasteiger partial charge in [0.2, 0.25) is 11.7 Å². The van der Waals surface area contributed by atoms with Crippen LogP contribution in [0, 0.1) is 0 Å². The number of hydrogen-bond acceptors (Lipinski definition) is 5. The summed E-state index contributed by atoms with van der Waals surface area (Å²) in [4.78, 5) is 4.30.